The number of nitrogens with one attached hydrogen (secondary N) is 1. The fraction of sp³-hybridized carbons (Fsp3) is 1.00. The smallest absolute Gasteiger partial charge is 0.0581 e. The van der Waals surface area contributed by atoms with Crippen molar-refractivity contribution in [3.8, 4) is 0 Å². The van der Waals surface area contributed by atoms with Crippen LogP contribution in [0.25, 0.3) is 0 Å². The van der Waals surface area contributed by atoms with Crippen LogP contribution in [0.2, 0.25) is 0 Å². The van der Waals surface area contributed by atoms with Crippen molar-refractivity contribution in [3.05, 3.63) is 0 Å². The highest BCUT2D eigenvalue weighted by molar-refractivity contribution is 4.63. The molecule has 0 aliphatic carbocycles. The second-order valence-electron chi connectivity index (χ2n) is 3.17. The molecule has 0 radical (unpaired) electrons. The van der Waals surface area contributed by atoms with Crippen LogP contribution in [0.1, 0.15) is 33.6 Å². The molecule has 0 spiro atoms. The Morgan fingerprint density at radius 1 is 1.27 bits per heavy atom. The lowest BCUT2D eigenvalue weighted by atomic mass is 10.0. The van der Waals surface area contributed by atoms with E-state index >= 15 is 0 Å². The zero-order valence-electron chi connectivity index (χ0n) is 7.93. The Balaban J connectivity index is 3.34. The SMILES string of the molecule is CCC(CC)CNC(C)CO. The zero-order valence-corrected chi connectivity index (χ0v) is 7.93. The van der Waals surface area contributed by atoms with Crippen LogP contribution < -0.4 is 5.32 Å². The molecule has 0 saturated heterocycles. The Bertz CT molecular complexity index is 81.6. The van der Waals surface area contributed by atoms with Gasteiger partial charge in [0.2, 0.25) is 0 Å². The second kappa shape index (κ2) is 6.62. The van der Waals surface area contributed by atoms with Crippen molar-refractivity contribution < 1.29 is 5.11 Å². The number of hydrogen-bond acceptors (Lipinski definition) is 2. The van der Waals surface area contributed by atoms with Gasteiger partial charge < -0.3 is 10.4 Å². The van der Waals surface area contributed by atoms with E-state index in [0.717, 1.165) is 12.5 Å². The molecule has 11 heavy (non-hydrogen) atoms. The molecule has 0 heterocycles. The van der Waals surface area contributed by atoms with E-state index in [0.29, 0.717) is 0 Å². The molecule has 2 N–H and O–H groups in total. The average molecular weight is 159 g/mol. The summed E-state index contributed by atoms with van der Waals surface area (Å²) in [6.07, 6.45) is 2.45. The molecule has 0 rings (SSSR count). The van der Waals surface area contributed by atoms with E-state index in [1.807, 2.05) is 6.92 Å². The number of aliphatic hydroxyl groups is 1. The molecule has 0 aromatic heterocycles. The summed E-state index contributed by atoms with van der Waals surface area (Å²) in [5.74, 6) is 0.768. The molecule has 1 unspecified atom stereocenters. The van der Waals surface area contributed by atoms with Gasteiger partial charge in [-0.1, -0.05) is 26.7 Å². The Hall–Kier alpha value is -0.0800. The number of hydrogen-bond donors (Lipinski definition) is 2. The van der Waals surface area contributed by atoms with Crippen molar-refractivity contribution in [1.29, 1.82) is 0 Å². The van der Waals surface area contributed by atoms with E-state index in [9.17, 15) is 0 Å². The van der Waals surface area contributed by atoms with Crippen LogP contribution in [0.5, 0.6) is 0 Å². The van der Waals surface area contributed by atoms with Gasteiger partial charge >= 0.3 is 0 Å². The van der Waals surface area contributed by atoms with Gasteiger partial charge in [0, 0.05) is 6.04 Å². The van der Waals surface area contributed by atoms with Crippen LogP contribution in [0.3, 0.4) is 0 Å². The summed E-state index contributed by atoms with van der Waals surface area (Å²) < 4.78 is 0. The van der Waals surface area contributed by atoms with Gasteiger partial charge in [0.25, 0.3) is 0 Å². The minimum Gasteiger partial charge on any atom is -0.395 e. The quantitative estimate of drug-likeness (QED) is 0.614. The highest BCUT2D eigenvalue weighted by Gasteiger charge is 2.04. The van der Waals surface area contributed by atoms with E-state index in [1.165, 1.54) is 12.8 Å². The first-order valence-corrected chi connectivity index (χ1v) is 4.58. The minimum absolute atomic E-state index is 0.236. The molecule has 0 saturated carbocycles. The molecule has 0 amide bonds. The first-order valence-electron chi connectivity index (χ1n) is 4.58. The van der Waals surface area contributed by atoms with Crippen molar-refractivity contribution >= 4 is 0 Å². The fourth-order valence-electron chi connectivity index (χ4n) is 1.01. The molecule has 2 nitrogen and oxygen atoms in total. The number of aliphatic hydroxyl groups excluding tert-OH is 1. The molecule has 0 aliphatic heterocycles. The predicted molar refractivity (Wildman–Crippen MR) is 48.6 cm³/mol. The van der Waals surface area contributed by atoms with Crippen LogP contribution in [0.4, 0.5) is 0 Å². The molecule has 0 aromatic rings. The minimum atomic E-state index is 0.236. The van der Waals surface area contributed by atoms with Crippen molar-refractivity contribution in [3.63, 3.8) is 0 Å². The standard InChI is InChI=1S/C9H21NO/c1-4-9(5-2)6-10-8(3)7-11/h8-11H,4-7H2,1-3H3. The summed E-state index contributed by atoms with van der Waals surface area (Å²) in [4.78, 5) is 0. The maximum Gasteiger partial charge on any atom is 0.0581 e. The first kappa shape index (κ1) is 10.9. The van der Waals surface area contributed by atoms with Crippen molar-refractivity contribution in [2.75, 3.05) is 13.2 Å². The first-order chi connectivity index (χ1) is 5.24. The molecular formula is C9H21NO. The Labute approximate surface area is 70.0 Å². The fourth-order valence-corrected chi connectivity index (χ4v) is 1.01. The van der Waals surface area contributed by atoms with Crippen LogP contribution in [-0.4, -0.2) is 24.3 Å². The highest BCUT2D eigenvalue weighted by Crippen LogP contribution is 2.05. The van der Waals surface area contributed by atoms with Gasteiger partial charge in [-0.15, -0.1) is 0 Å². The van der Waals surface area contributed by atoms with Gasteiger partial charge in [-0.05, 0) is 19.4 Å². The van der Waals surface area contributed by atoms with E-state index < -0.39 is 0 Å². The molecule has 0 bridgehead atoms. The van der Waals surface area contributed by atoms with E-state index in [2.05, 4.69) is 19.2 Å². The van der Waals surface area contributed by atoms with Crippen molar-refractivity contribution in [2.24, 2.45) is 5.92 Å². The Morgan fingerprint density at radius 2 is 1.82 bits per heavy atom. The third-order valence-electron chi connectivity index (χ3n) is 2.18. The maximum absolute atomic E-state index is 8.73. The van der Waals surface area contributed by atoms with Gasteiger partial charge in [0.15, 0.2) is 0 Å². The monoisotopic (exact) mass is 159 g/mol. The lowest BCUT2D eigenvalue weighted by molar-refractivity contribution is 0.245. The van der Waals surface area contributed by atoms with E-state index in [4.69, 9.17) is 5.11 Å². The molecule has 0 aromatic carbocycles. The van der Waals surface area contributed by atoms with Crippen LogP contribution >= 0.6 is 0 Å². The molecular weight excluding hydrogens is 138 g/mol. The van der Waals surface area contributed by atoms with Gasteiger partial charge in [0.1, 0.15) is 0 Å². The summed E-state index contributed by atoms with van der Waals surface area (Å²) >= 11 is 0. The van der Waals surface area contributed by atoms with E-state index in [1.54, 1.807) is 0 Å². The third kappa shape index (κ3) is 5.22. The lowest BCUT2D eigenvalue weighted by Crippen LogP contribution is -2.33. The van der Waals surface area contributed by atoms with Crippen LogP contribution in [-0.2, 0) is 0 Å². The molecule has 1 atom stereocenters. The van der Waals surface area contributed by atoms with Gasteiger partial charge in [0.05, 0.1) is 6.61 Å². The zero-order chi connectivity index (χ0) is 8.69. The van der Waals surface area contributed by atoms with Crippen LogP contribution in [0, 0.1) is 5.92 Å². The highest BCUT2D eigenvalue weighted by atomic mass is 16.3. The van der Waals surface area contributed by atoms with Gasteiger partial charge in [-0.25, -0.2) is 0 Å². The summed E-state index contributed by atoms with van der Waals surface area (Å²) in [6.45, 7) is 7.69. The average Bonchev–Trinajstić information content (AvgIpc) is 2.06. The van der Waals surface area contributed by atoms with Crippen LogP contribution in [0.15, 0.2) is 0 Å². The normalized spacial score (nSPS) is 13.9. The van der Waals surface area contributed by atoms with Crippen molar-refractivity contribution in [2.45, 2.75) is 39.7 Å². The Kier molecular flexibility index (Phi) is 6.57. The van der Waals surface area contributed by atoms with E-state index in [-0.39, 0.29) is 12.6 Å². The van der Waals surface area contributed by atoms with Gasteiger partial charge in [-0.2, -0.15) is 0 Å². The lowest BCUT2D eigenvalue weighted by Gasteiger charge is -2.16. The summed E-state index contributed by atoms with van der Waals surface area (Å²) in [5.41, 5.74) is 0. The number of rotatable bonds is 6. The molecule has 68 valence electrons. The second-order valence-corrected chi connectivity index (χ2v) is 3.17. The summed E-state index contributed by atoms with van der Waals surface area (Å²) in [6, 6.07) is 0.246. The topological polar surface area (TPSA) is 32.3 Å². The largest absolute Gasteiger partial charge is 0.395 e. The van der Waals surface area contributed by atoms with Crippen molar-refractivity contribution in [1.82, 2.24) is 5.32 Å². The molecule has 0 aliphatic rings. The molecule has 2 heteroatoms. The summed E-state index contributed by atoms with van der Waals surface area (Å²) in [5, 5.41) is 12.0. The molecule has 0 fully saturated rings. The summed E-state index contributed by atoms with van der Waals surface area (Å²) in [7, 11) is 0. The third-order valence-corrected chi connectivity index (χ3v) is 2.18. The maximum atomic E-state index is 8.73. The Morgan fingerprint density at radius 3 is 2.18 bits per heavy atom. The predicted octanol–water partition coefficient (Wildman–Crippen LogP) is 1.39. The van der Waals surface area contributed by atoms with Gasteiger partial charge in [-0.3, -0.25) is 0 Å².